The quantitative estimate of drug-likeness (QED) is 0.769. The lowest BCUT2D eigenvalue weighted by molar-refractivity contribution is 0.621. The summed E-state index contributed by atoms with van der Waals surface area (Å²) in [6, 6.07) is 3.49. The van der Waals surface area contributed by atoms with E-state index < -0.39 is 0 Å². The lowest BCUT2D eigenvalue weighted by Gasteiger charge is -2.11. The van der Waals surface area contributed by atoms with Crippen LogP contribution in [0.2, 0.25) is 0 Å². The summed E-state index contributed by atoms with van der Waals surface area (Å²) in [6.07, 6.45) is 5.71. The van der Waals surface area contributed by atoms with Gasteiger partial charge in [0.2, 0.25) is 0 Å². The van der Waals surface area contributed by atoms with Crippen LogP contribution < -0.4 is 0 Å². The second-order valence-electron chi connectivity index (χ2n) is 4.33. The summed E-state index contributed by atoms with van der Waals surface area (Å²) in [5.41, 5.74) is 4.53. The Morgan fingerprint density at radius 1 is 1.17 bits per heavy atom. The number of nitrogens with zero attached hydrogens (tertiary/aromatic N) is 3. The molecule has 0 fully saturated rings. The Morgan fingerprint density at radius 3 is 2.94 bits per heavy atom. The molecular formula is C14H12FN3. The van der Waals surface area contributed by atoms with Crippen LogP contribution in [0, 0.1) is 12.7 Å². The third kappa shape index (κ3) is 1.90. The summed E-state index contributed by atoms with van der Waals surface area (Å²) in [5, 5.41) is 0. The molecule has 3 rings (SSSR count). The van der Waals surface area contributed by atoms with E-state index in [2.05, 4.69) is 15.0 Å². The van der Waals surface area contributed by atoms with Crippen LogP contribution in [0.4, 0.5) is 4.39 Å². The van der Waals surface area contributed by atoms with Crippen LogP contribution in [0.15, 0.2) is 29.5 Å². The van der Waals surface area contributed by atoms with Crippen molar-refractivity contribution < 1.29 is 4.39 Å². The maximum atomic E-state index is 13.3. The van der Waals surface area contributed by atoms with Gasteiger partial charge in [0.1, 0.15) is 5.82 Å². The molecule has 0 amide bonds. The van der Waals surface area contributed by atoms with Gasteiger partial charge in [-0.25, -0.2) is 4.39 Å². The van der Waals surface area contributed by atoms with Crippen molar-refractivity contribution in [3.63, 3.8) is 0 Å². The number of aromatic nitrogens is 2. The predicted octanol–water partition coefficient (Wildman–Crippen LogP) is 2.57. The summed E-state index contributed by atoms with van der Waals surface area (Å²) >= 11 is 0. The third-order valence-electron chi connectivity index (χ3n) is 3.08. The first-order valence-corrected chi connectivity index (χ1v) is 5.85. The molecule has 2 aromatic rings. The van der Waals surface area contributed by atoms with Crippen molar-refractivity contribution in [2.75, 3.05) is 6.54 Å². The molecule has 0 aliphatic carbocycles. The summed E-state index contributed by atoms with van der Waals surface area (Å²) in [4.78, 5) is 12.7. The van der Waals surface area contributed by atoms with Crippen LogP contribution >= 0.6 is 0 Å². The van der Waals surface area contributed by atoms with Gasteiger partial charge in [0.05, 0.1) is 11.9 Å². The molecule has 3 heterocycles. The van der Waals surface area contributed by atoms with E-state index in [1.165, 1.54) is 12.3 Å². The van der Waals surface area contributed by atoms with Crippen molar-refractivity contribution in [3.05, 3.63) is 47.3 Å². The van der Waals surface area contributed by atoms with Crippen molar-refractivity contribution >= 4 is 6.21 Å². The molecule has 1 aliphatic heterocycles. The smallest absolute Gasteiger partial charge is 0.142 e. The largest absolute Gasteiger partial charge is 0.292 e. The molecule has 0 saturated heterocycles. The van der Waals surface area contributed by atoms with Gasteiger partial charge in [-0.1, -0.05) is 0 Å². The molecular weight excluding hydrogens is 229 g/mol. The molecule has 2 aromatic heterocycles. The minimum Gasteiger partial charge on any atom is -0.292 e. The number of hydrogen-bond acceptors (Lipinski definition) is 3. The number of rotatable bonds is 1. The lowest BCUT2D eigenvalue weighted by Crippen LogP contribution is -2.05. The van der Waals surface area contributed by atoms with Crippen molar-refractivity contribution in [2.24, 2.45) is 4.99 Å². The molecule has 0 N–H and O–H groups in total. The van der Waals surface area contributed by atoms with E-state index in [0.717, 1.165) is 41.0 Å². The number of pyridine rings is 2. The number of aliphatic imine (C=N–C) groups is 1. The van der Waals surface area contributed by atoms with Gasteiger partial charge >= 0.3 is 0 Å². The van der Waals surface area contributed by atoms with Gasteiger partial charge in [-0.05, 0) is 19.1 Å². The SMILES string of the molecule is Cc1ncc(F)cc1-c1cnc2c(c1)C=NCC2. The van der Waals surface area contributed by atoms with Crippen LogP contribution in [0.3, 0.4) is 0 Å². The lowest BCUT2D eigenvalue weighted by atomic mass is 10.0. The van der Waals surface area contributed by atoms with Crippen molar-refractivity contribution in [2.45, 2.75) is 13.3 Å². The number of hydrogen-bond donors (Lipinski definition) is 0. The Labute approximate surface area is 104 Å². The molecule has 90 valence electrons. The molecule has 0 spiro atoms. The van der Waals surface area contributed by atoms with Gasteiger partial charge in [0.25, 0.3) is 0 Å². The second-order valence-corrected chi connectivity index (χ2v) is 4.33. The second kappa shape index (κ2) is 4.29. The van der Waals surface area contributed by atoms with E-state index in [1.54, 1.807) is 6.20 Å². The van der Waals surface area contributed by atoms with E-state index >= 15 is 0 Å². The third-order valence-corrected chi connectivity index (χ3v) is 3.08. The summed E-state index contributed by atoms with van der Waals surface area (Å²) in [6.45, 7) is 2.65. The molecule has 0 bridgehead atoms. The van der Waals surface area contributed by atoms with Crippen LogP contribution in [0.25, 0.3) is 11.1 Å². The van der Waals surface area contributed by atoms with Crippen molar-refractivity contribution in [1.82, 2.24) is 9.97 Å². The average molecular weight is 241 g/mol. The van der Waals surface area contributed by atoms with E-state index in [-0.39, 0.29) is 5.82 Å². The Bertz CT molecular complexity index is 635. The van der Waals surface area contributed by atoms with Crippen molar-refractivity contribution in [3.8, 4) is 11.1 Å². The molecule has 4 heteroatoms. The van der Waals surface area contributed by atoms with Gasteiger partial charge in [-0.3, -0.25) is 15.0 Å². The summed E-state index contributed by atoms with van der Waals surface area (Å²) in [5.74, 6) is -0.331. The van der Waals surface area contributed by atoms with Gasteiger partial charge in [0, 0.05) is 47.8 Å². The van der Waals surface area contributed by atoms with Gasteiger partial charge in [-0.15, -0.1) is 0 Å². The topological polar surface area (TPSA) is 38.1 Å². The molecule has 0 aromatic carbocycles. The Morgan fingerprint density at radius 2 is 2.06 bits per heavy atom. The van der Waals surface area contributed by atoms with Crippen LogP contribution in [-0.2, 0) is 6.42 Å². The number of aryl methyl sites for hydroxylation is 1. The highest BCUT2D eigenvalue weighted by atomic mass is 19.1. The molecule has 0 atom stereocenters. The zero-order valence-corrected chi connectivity index (χ0v) is 10.0. The summed E-state index contributed by atoms with van der Waals surface area (Å²) in [7, 11) is 0. The first-order valence-electron chi connectivity index (χ1n) is 5.85. The van der Waals surface area contributed by atoms with E-state index in [9.17, 15) is 4.39 Å². The van der Waals surface area contributed by atoms with E-state index in [0.29, 0.717) is 0 Å². The molecule has 0 unspecified atom stereocenters. The van der Waals surface area contributed by atoms with Gasteiger partial charge < -0.3 is 0 Å². The highest BCUT2D eigenvalue weighted by Gasteiger charge is 2.10. The Kier molecular flexibility index (Phi) is 2.63. The van der Waals surface area contributed by atoms with Crippen LogP contribution in [-0.4, -0.2) is 22.7 Å². The van der Waals surface area contributed by atoms with Crippen LogP contribution in [0.5, 0.6) is 0 Å². The van der Waals surface area contributed by atoms with E-state index in [4.69, 9.17) is 0 Å². The Balaban J connectivity index is 2.13. The molecule has 1 aliphatic rings. The normalized spacial score (nSPS) is 13.4. The van der Waals surface area contributed by atoms with Crippen molar-refractivity contribution in [1.29, 1.82) is 0 Å². The van der Waals surface area contributed by atoms with Crippen LogP contribution in [0.1, 0.15) is 17.0 Å². The number of fused-ring (bicyclic) bond motifs is 1. The maximum Gasteiger partial charge on any atom is 0.142 e. The first kappa shape index (κ1) is 11.0. The maximum absolute atomic E-state index is 13.3. The standard InChI is InChI=1S/C14H12FN3/c1-9-13(5-12(15)8-17-9)10-4-11-6-16-3-2-14(11)18-7-10/h4-8H,2-3H2,1H3. The highest BCUT2D eigenvalue weighted by molar-refractivity contribution is 5.84. The molecule has 18 heavy (non-hydrogen) atoms. The molecule has 3 nitrogen and oxygen atoms in total. The minimum atomic E-state index is -0.331. The minimum absolute atomic E-state index is 0.331. The zero-order valence-electron chi connectivity index (χ0n) is 10.0. The predicted molar refractivity (Wildman–Crippen MR) is 68.3 cm³/mol. The number of halogens is 1. The van der Waals surface area contributed by atoms with E-state index in [1.807, 2.05) is 19.2 Å². The monoisotopic (exact) mass is 241 g/mol. The zero-order chi connectivity index (χ0) is 12.5. The fourth-order valence-electron chi connectivity index (χ4n) is 2.11. The van der Waals surface area contributed by atoms with Gasteiger partial charge in [-0.2, -0.15) is 0 Å². The first-order chi connectivity index (χ1) is 8.74. The average Bonchev–Trinajstić information content (AvgIpc) is 2.41. The summed E-state index contributed by atoms with van der Waals surface area (Å²) < 4.78 is 13.3. The molecule has 0 radical (unpaired) electrons. The fraction of sp³-hybridized carbons (Fsp3) is 0.214. The Hall–Kier alpha value is -2.10. The fourth-order valence-corrected chi connectivity index (χ4v) is 2.11. The highest BCUT2D eigenvalue weighted by Crippen LogP contribution is 2.24. The van der Waals surface area contributed by atoms with Gasteiger partial charge in [0.15, 0.2) is 0 Å². The molecule has 0 saturated carbocycles.